The van der Waals surface area contributed by atoms with Crippen LogP contribution in [0.4, 0.5) is 0 Å². The van der Waals surface area contributed by atoms with Crippen molar-refractivity contribution in [2.45, 2.75) is 45.3 Å². The van der Waals surface area contributed by atoms with E-state index >= 15 is 0 Å². The number of halogens is 1. The summed E-state index contributed by atoms with van der Waals surface area (Å²) in [5.74, 6) is 0.174. The molecule has 1 fully saturated rings. The highest BCUT2D eigenvalue weighted by atomic mass is 35.5. The lowest BCUT2D eigenvalue weighted by atomic mass is 9.88. The Bertz CT molecular complexity index is 1590. The Labute approximate surface area is 218 Å². The Balaban J connectivity index is 1.72. The second-order valence-corrected chi connectivity index (χ2v) is 10.5. The van der Waals surface area contributed by atoms with Gasteiger partial charge in [0.25, 0.3) is 0 Å². The van der Waals surface area contributed by atoms with E-state index in [4.69, 9.17) is 30.8 Å². The van der Waals surface area contributed by atoms with Gasteiger partial charge in [-0.2, -0.15) is 0 Å². The van der Waals surface area contributed by atoms with Gasteiger partial charge < -0.3 is 18.9 Å². The van der Waals surface area contributed by atoms with Gasteiger partial charge in [-0.05, 0) is 57.7 Å². The number of hydrogen-bond donors (Lipinski definition) is 1. The molecular formula is C26H28ClN7O3. The summed E-state index contributed by atoms with van der Waals surface area (Å²) < 4.78 is 15.5. The van der Waals surface area contributed by atoms with Crippen molar-refractivity contribution in [1.82, 2.24) is 34.7 Å². The molecular weight excluding hydrogens is 494 g/mol. The van der Waals surface area contributed by atoms with E-state index in [0.29, 0.717) is 40.5 Å². The summed E-state index contributed by atoms with van der Waals surface area (Å²) in [6, 6.07) is 5.50. The summed E-state index contributed by atoms with van der Waals surface area (Å²) in [5.41, 5.74) is 5.16. The molecule has 0 amide bonds. The number of fused-ring (bicyclic) bond motifs is 3. The molecule has 1 unspecified atom stereocenters. The number of aromatic nitrogens is 7. The second-order valence-electron chi connectivity index (χ2n) is 10.1. The molecule has 0 radical (unpaired) electrons. The summed E-state index contributed by atoms with van der Waals surface area (Å²) >= 11 is 6.78. The normalized spacial score (nSPS) is 16.2. The first-order chi connectivity index (χ1) is 17.8. The lowest BCUT2D eigenvalue weighted by Gasteiger charge is -2.33. The SMILES string of the molecule is Cc1nnn(C)c1-c1cnc2c3onc(C(C)(C)O)c3n(C(c3ncccc3Cl)C3CCOCC3)c2c1. The van der Waals surface area contributed by atoms with Crippen LogP contribution in [0.2, 0.25) is 5.02 Å². The Morgan fingerprint density at radius 3 is 2.68 bits per heavy atom. The summed E-state index contributed by atoms with van der Waals surface area (Å²) in [6.45, 7) is 6.63. The first-order valence-corrected chi connectivity index (χ1v) is 12.7. The van der Waals surface area contributed by atoms with Gasteiger partial charge in [0.1, 0.15) is 22.3 Å². The molecule has 1 N–H and O–H groups in total. The van der Waals surface area contributed by atoms with Crippen LogP contribution in [-0.2, 0) is 17.4 Å². The number of pyridine rings is 2. The zero-order chi connectivity index (χ0) is 25.9. The van der Waals surface area contributed by atoms with E-state index in [-0.39, 0.29) is 12.0 Å². The van der Waals surface area contributed by atoms with Gasteiger partial charge in [0.05, 0.1) is 33.7 Å². The average molecular weight is 522 g/mol. The van der Waals surface area contributed by atoms with Gasteiger partial charge in [-0.3, -0.25) is 4.98 Å². The van der Waals surface area contributed by atoms with Crippen LogP contribution in [0, 0.1) is 12.8 Å². The quantitative estimate of drug-likeness (QED) is 0.357. The van der Waals surface area contributed by atoms with E-state index < -0.39 is 5.60 Å². The summed E-state index contributed by atoms with van der Waals surface area (Å²) in [5, 5.41) is 24.3. The maximum absolute atomic E-state index is 11.1. The third-order valence-corrected chi connectivity index (χ3v) is 7.48. The molecule has 6 heterocycles. The van der Waals surface area contributed by atoms with Gasteiger partial charge >= 0.3 is 0 Å². The molecule has 6 rings (SSSR count). The predicted octanol–water partition coefficient (Wildman–Crippen LogP) is 4.57. The molecule has 0 bridgehead atoms. The van der Waals surface area contributed by atoms with Crippen LogP contribution in [-0.4, -0.2) is 53.0 Å². The number of aryl methyl sites for hydroxylation is 2. The molecule has 10 nitrogen and oxygen atoms in total. The minimum atomic E-state index is -1.25. The molecule has 1 aliphatic heterocycles. The van der Waals surface area contributed by atoms with Crippen molar-refractivity contribution in [3.63, 3.8) is 0 Å². The molecule has 1 atom stereocenters. The number of hydrogen-bond acceptors (Lipinski definition) is 8. The van der Waals surface area contributed by atoms with Gasteiger partial charge in [0, 0.05) is 38.2 Å². The van der Waals surface area contributed by atoms with Crippen LogP contribution in [0.15, 0.2) is 35.1 Å². The number of rotatable bonds is 5. The molecule has 1 aliphatic rings. The first-order valence-electron chi connectivity index (χ1n) is 12.3. The molecule has 0 saturated carbocycles. The Morgan fingerprint density at radius 2 is 2.00 bits per heavy atom. The second kappa shape index (κ2) is 8.90. The van der Waals surface area contributed by atoms with E-state index in [1.54, 1.807) is 30.9 Å². The highest BCUT2D eigenvalue weighted by molar-refractivity contribution is 6.31. The molecule has 192 valence electrons. The van der Waals surface area contributed by atoms with Gasteiger partial charge in [0.15, 0.2) is 0 Å². The first kappa shape index (κ1) is 24.0. The fraction of sp³-hybridized carbons (Fsp3) is 0.423. The molecule has 0 aliphatic carbocycles. The highest BCUT2D eigenvalue weighted by Gasteiger charge is 2.37. The Hall–Kier alpha value is -3.34. The van der Waals surface area contributed by atoms with Crippen molar-refractivity contribution < 1.29 is 14.4 Å². The van der Waals surface area contributed by atoms with Crippen LogP contribution in [0.3, 0.4) is 0 Å². The fourth-order valence-electron chi connectivity index (χ4n) is 5.48. The largest absolute Gasteiger partial charge is 0.384 e. The average Bonchev–Trinajstić information content (AvgIpc) is 3.54. The van der Waals surface area contributed by atoms with Crippen LogP contribution in [0.1, 0.15) is 49.8 Å². The van der Waals surface area contributed by atoms with Gasteiger partial charge in [0.2, 0.25) is 5.58 Å². The molecule has 5 aromatic heterocycles. The molecule has 1 saturated heterocycles. The number of nitrogens with zero attached hydrogens (tertiary/aromatic N) is 7. The zero-order valence-corrected chi connectivity index (χ0v) is 21.9. The van der Waals surface area contributed by atoms with Crippen molar-refractivity contribution in [1.29, 1.82) is 0 Å². The monoisotopic (exact) mass is 521 g/mol. The van der Waals surface area contributed by atoms with Gasteiger partial charge in [-0.1, -0.05) is 22.0 Å². The Kier molecular flexibility index (Phi) is 5.78. The summed E-state index contributed by atoms with van der Waals surface area (Å²) in [7, 11) is 1.86. The smallest absolute Gasteiger partial charge is 0.211 e. The minimum Gasteiger partial charge on any atom is -0.384 e. The van der Waals surface area contributed by atoms with Crippen LogP contribution in [0.25, 0.3) is 33.4 Å². The highest BCUT2D eigenvalue weighted by Crippen LogP contribution is 2.44. The lowest BCUT2D eigenvalue weighted by molar-refractivity contribution is 0.0542. The zero-order valence-electron chi connectivity index (χ0n) is 21.1. The lowest BCUT2D eigenvalue weighted by Crippen LogP contribution is -2.28. The minimum absolute atomic E-state index is 0.174. The number of ether oxygens (including phenoxy) is 1. The summed E-state index contributed by atoms with van der Waals surface area (Å²) in [6.07, 6.45) is 5.22. The molecule has 0 spiro atoms. The number of aliphatic hydroxyl groups is 1. The van der Waals surface area contributed by atoms with Crippen LogP contribution in [0.5, 0.6) is 0 Å². The molecule has 37 heavy (non-hydrogen) atoms. The van der Waals surface area contributed by atoms with Crippen LogP contribution >= 0.6 is 11.6 Å². The molecule has 11 heteroatoms. The maximum atomic E-state index is 11.1. The van der Waals surface area contributed by atoms with E-state index in [1.807, 2.05) is 26.1 Å². The third-order valence-electron chi connectivity index (χ3n) is 7.16. The van der Waals surface area contributed by atoms with Crippen LogP contribution < -0.4 is 0 Å². The van der Waals surface area contributed by atoms with Crippen molar-refractivity contribution >= 4 is 33.7 Å². The van der Waals surface area contributed by atoms with Gasteiger partial charge in [-0.15, -0.1) is 5.10 Å². The van der Waals surface area contributed by atoms with Crippen molar-refractivity contribution in [2.24, 2.45) is 13.0 Å². The van der Waals surface area contributed by atoms with Crippen molar-refractivity contribution in [3.8, 4) is 11.3 Å². The Morgan fingerprint density at radius 1 is 1.22 bits per heavy atom. The van der Waals surface area contributed by atoms with Crippen molar-refractivity contribution in [3.05, 3.63) is 52.7 Å². The van der Waals surface area contributed by atoms with E-state index in [1.165, 1.54) is 0 Å². The summed E-state index contributed by atoms with van der Waals surface area (Å²) in [4.78, 5) is 9.57. The van der Waals surface area contributed by atoms with E-state index in [9.17, 15) is 5.11 Å². The van der Waals surface area contributed by atoms with Gasteiger partial charge in [-0.25, -0.2) is 9.67 Å². The topological polar surface area (TPSA) is 117 Å². The fourth-order valence-corrected chi connectivity index (χ4v) is 5.71. The van der Waals surface area contributed by atoms with E-state index in [2.05, 4.69) is 26.1 Å². The predicted molar refractivity (Wildman–Crippen MR) is 138 cm³/mol. The molecule has 5 aromatic rings. The third kappa shape index (κ3) is 3.91. The molecule has 0 aromatic carbocycles. The van der Waals surface area contributed by atoms with Crippen molar-refractivity contribution in [2.75, 3.05) is 13.2 Å². The standard InChI is InChI=1S/C26H28ClN7O3/c1-14-21(33(4)32-30-14)16-12-18-20(29-13-16)24-23(25(31-37-24)26(2,3)35)34(18)22(15-7-10-36-11-8-15)19-17(27)6-5-9-28-19/h5-6,9,12-13,15,22,35H,7-8,10-11H2,1-4H3. The maximum Gasteiger partial charge on any atom is 0.211 e. The van der Waals surface area contributed by atoms with E-state index in [0.717, 1.165) is 41.0 Å².